The molecule has 1 amide bonds. The van der Waals surface area contributed by atoms with E-state index in [1.807, 2.05) is 11.8 Å². The van der Waals surface area contributed by atoms with Crippen LogP contribution in [0.15, 0.2) is 23.1 Å². The van der Waals surface area contributed by atoms with Crippen molar-refractivity contribution in [3.63, 3.8) is 0 Å². The van der Waals surface area contributed by atoms with Crippen LogP contribution in [0.2, 0.25) is 0 Å². The van der Waals surface area contributed by atoms with Crippen LogP contribution < -0.4 is 4.90 Å². The van der Waals surface area contributed by atoms with Crippen molar-refractivity contribution >= 4 is 27.3 Å². The number of benzene rings is 1. The van der Waals surface area contributed by atoms with E-state index in [-0.39, 0.29) is 42.1 Å². The van der Waals surface area contributed by atoms with Gasteiger partial charge >= 0.3 is 0 Å². The minimum atomic E-state index is -3.79. The van der Waals surface area contributed by atoms with E-state index in [1.54, 1.807) is 25.9 Å². The molecule has 1 aromatic carbocycles. The number of carbonyl (C=O) groups is 1. The summed E-state index contributed by atoms with van der Waals surface area (Å²) in [7, 11) is -2.24. The first kappa shape index (κ1) is 24.0. The Morgan fingerprint density at radius 1 is 1.23 bits per heavy atom. The van der Waals surface area contributed by atoms with Gasteiger partial charge in [0, 0.05) is 52.4 Å². The molecule has 1 saturated heterocycles. The van der Waals surface area contributed by atoms with Gasteiger partial charge in [0.25, 0.3) is 5.69 Å². The number of hydrogen-bond acceptors (Lipinski definition) is 7. The highest BCUT2D eigenvalue weighted by atomic mass is 32.2. The number of nitro groups is 1. The average molecular weight is 443 g/mol. The molecular weight excluding hydrogens is 412 g/mol. The van der Waals surface area contributed by atoms with Crippen molar-refractivity contribution in [2.45, 2.75) is 38.2 Å². The van der Waals surface area contributed by atoms with Crippen molar-refractivity contribution in [1.82, 2.24) is 9.21 Å². The first-order valence-electron chi connectivity index (χ1n) is 9.99. The zero-order valence-electron chi connectivity index (χ0n) is 17.9. The second-order valence-electron chi connectivity index (χ2n) is 7.12. The molecule has 2 rings (SSSR count). The van der Waals surface area contributed by atoms with Gasteiger partial charge in [0.15, 0.2) is 0 Å². The van der Waals surface area contributed by atoms with Crippen LogP contribution in [0.3, 0.4) is 0 Å². The van der Waals surface area contributed by atoms with Crippen molar-refractivity contribution in [3.8, 4) is 0 Å². The molecule has 168 valence electrons. The fraction of sp³-hybridized carbons (Fsp3) is 0.632. The fourth-order valence-corrected chi connectivity index (χ4v) is 4.92. The van der Waals surface area contributed by atoms with E-state index < -0.39 is 14.9 Å². The van der Waals surface area contributed by atoms with E-state index in [1.165, 1.54) is 16.4 Å². The van der Waals surface area contributed by atoms with E-state index in [0.717, 1.165) is 6.07 Å². The number of sulfonamides is 1. The molecule has 0 spiro atoms. The second kappa shape index (κ2) is 10.2. The molecule has 1 aliphatic rings. The van der Waals surface area contributed by atoms with Crippen LogP contribution in [0.4, 0.5) is 11.4 Å². The molecule has 1 fully saturated rings. The van der Waals surface area contributed by atoms with Crippen LogP contribution in [0.5, 0.6) is 0 Å². The number of nitrogens with zero attached hydrogens (tertiary/aromatic N) is 4. The zero-order valence-corrected chi connectivity index (χ0v) is 18.7. The lowest BCUT2D eigenvalue weighted by Gasteiger charge is -2.36. The lowest BCUT2D eigenvalue weighted by Crippen LogP contribution is -2.49. The number of carbonyl (C=O) groups excluding carboxylic acids is 1. The average Bonchev–Trinajstić information content (AvgIpc) is 2.73. The van der Waals surface area contributed by atoms with Crippen LogP contribution >= 0.6 is 0 Å². The molecule has 0 bridgehead atoms. The van der Waals surface area contributed by atoms with E-state index in [4.69, 9.17) is 4.74 Å². The largest absolute Gasteiger partial charge is 0.381 e. The number of ether oxygens (including phenoxy) is 1. The molecule has 30 heavy (non-hydrogen) atoms. The Morgan fingerprint density at radius 2 is 1.83 bits per heavy atom. The molecule has 0 radical (unpaired) electrons. The van der Waals surface area contributed by atoms with Gasteiger partial charge in [0.2, 0.25) is 15.9 Å². The van der Waals surface area contributed by atoms with Gasteiger partial charge in [0.1, 0.15) is 5.69 Å². The van der Waals surface area contributed by atoms with E-state index >= 15 is 0 Å². The molecule has 0 aliphatic carbocycles. The summed E-state index contributed by atoms with van der Waals surface area (Å²) in [5, 5.41) is 11.7. The highest BCUT2D eigenvalue weighted by Crippen LogP contribution is 2.32. The Labute approximate surface area is 177 Å². The first-order chi connectivity index (χ1) is 14.1. The molecule has 1 aromatic rings. The molecule has 1 aliphatic heterocycles. The standard InChI is InChI=1S/C19H30N4O6S/c1-5-22(6-2)30(27,28)16-7-8-17(18(14-16)23(25)26)20-9-11-21(12-10-20)19(24)13-15(3)29-4/h7-8,14-15H,5-6,9-13H2,1-4H3. The number of piperazine rings is 1. The van der Waals surface area contributed by atoms with Gasteiger partial charge in [-0.25, -0.2) is 8.42 Å². The number of nitro benzene ring substituents is 1. The maximum atomic E-state index is 12.7. The van der Waals surface area contributed by atoms with Crippen LogP contribution in [0.1, 0.15) is 27.2 Å². The second-order valence-corrected chi connectivity index (χ2v) is 9.05. The van der Waals surface area contributed by atoms with Gasteiger partial charge in [-0.3, -0.25) is 14.9 Å². The molecule has 1 heterocycles. The predicted molar refractivity (Wildman–Crippen MR) is 113 cm³/mol. The summed E-state index contributed by atoms with van der Waals surface area (Å²) in [5.74, 6) is -0.0147. The lowest BCUT2D eigenvalue weighted by molar-refractivity contribution is -0.384. The molecule has 11 heteroatoms. The smallest absolute Gasteiger partial charge is 0.293 e. The molecule has 0 aromatic heterocycles. The Hall–Kier alpha value is -2.24. The number of anilines is 1. The van der Waals surface area contributed by atoms with E-state index in [2.05, 4.69) is 0 Å². The fourth-order valence-electron chi connectivity index (χ4n) is 3.45. The summed E-state index contributed by atoms with van der Waals surface area (Å²) >= 11 is 0. The van der Waals surface area contributed by atoms with Gasteiger partial charge in [-0.15, -0.1) is 0 Å². The van der Waals surface area contributed by atoms with Crippen molar-refractivity contribution in [2.24, 2.45) is 0 Å². The normalized spacial score (nSPS) is 16.0. The SMILES string of the molecule is CCN(CC)S(=O)(=O)c1ccc(N2CCN(C(=O)CC(C)OC)CC2)c([N+](=O)[O-])c1. The predicted octanol–water partition coefficient (Wildman–Crippen LogP) is 1.70. The maximum absolute atomic E-state index is 12.7. The van der Waals surface area contributed by atoms with E-state index in [9.17, 15) is 23.3 Å². The Morgan fingerprint density at radius 3 is 2.33 bits per heavy atom. The molecular formula is C19H30N4O6S. The van der Waals surface area contributed by atoms with Crippen molar-refractivity contribution in [1.29, 1.82) is 0 Å². The molecule has 1 unspecified atom stereocenters. The van der Waals surface area contributed by atoms with Crippen LogP contribution in [-0.4, -0.2) is 80.9 Å². The van der Waals surface area contributed by atoms with Crippen molar-refractivity contribution < 1.29 is 22.9 Å². The minimum Gasteiger partial charge on any atom is -0.381 e. The summed E-state index contributed by atoms with van der Waals surface area (Å²) in [5.41, 5.74) is 0.104. The topological polar surface area (TPSA) is 113 Å². The van der Waals surface area contributed by atoms with Crippen LogP contribution in [-0.2, 0) is 19.6 Å². The Bertz CT molecular complexity index is 864. The van der Waals surface area contributed by atoms with Gasteiger partial charge in [-0.2, -0.15) is 4.31 Å². The molecule has 10 nitrogen and oxygen atoms in total. The summed E-state index contributed by atoms with van der Waals surface area (Å²) in [4.78, 5) is 26.9. The quantitative estimate of drug-likeness (QED) is 0.422. The highest BCUT2D eigenvalue weighted by Gasteiger charge is 2.29. The van der Waals surface area contributed by atoms with E-state index in [0.29, 0.717) is 31.9 Å². The monoisotopic (exact) mass is 442 g/mol. The number of amides is 1. The zero-order chi connectivity index (χ0) is 22.5. The van der Waals surface area contributed by atoms with Crippen molar-refractivity contribution in [3.05, 3.63) is 28.3 Å². The molecule has 0 saturated carbocycles. The van der Waals surface area contributed by atoms with Gasteiger partial charge in [-0.1, -0.05) is 13.8 Å². The van der Waals surface area contributed by atoms with Crippen LogP contribution in [0, 0.1) is 10.1 Å². The summed E-state index contributed by atoms with van der Waals surface area (Å²) in [6.07, 6.45) is 0.117. The third-order valence-corrected chi connectivity index (χ3v) is 7.37. The van der Waals surface area contributed by atoms with Gasteiger partial charge in [0.05, 0.1) is 22.3 Å². The summed E-state index contributed by atoms with van der Waals surface area (Å²) in [6.45, 7) is 7.56. The highest BCUT2D eigenvalue weighted by molar-refractivity contribution is 7.89. The van der Waals surface area contributed by atoms with Crippen molar-refractivity contribution in [2.75, 3.05) is 51.3 Å². The molecule has 0 N–H and O–H groups in total. The summed E-state index contributed by atoms with van der Waals surface area (Å²) in [6, 6.07) is 4.02. The van der Waals surface area contributed by atoms with Gasteiger partial charge in [-0.05, 0) is 19.1 Å². The number of hydrogen-bond donors (Lipinski definition) is 0. The molecule has 1 atom stereocenters. The van der Waals surface area contributed by atoms with Crippen LogP contribution in [0.25, 0.3) is 0 Å². The Balaban J connectivity index is 2.21. The first-order valence-corrected chi connectivity index (χ1v) is 11.4. The minimum absolute atomic E-state index is 0.0147. The third kappa shape index (κ3) is 5.27. The lowest BCUT2D eigenvalue weighted by atomic mass is 10.2. The maximum Gasteiger partial charge on any atom is 0.293 e. The van der Waals surface area contributed by atoms with Gasteiger partial charge < -0.3 is 14.5 Å². The Kier molecular flexibility index (Phi) is 8.16. The summed E-state index contributed by atoms with van der Waals surface area (Å²) < 4.78 is 31.8. The number of rotatable bonds is 9. The number of methoxy groups -OCH3 is 1. The third-order valence-electron chi connectivity index (χ3n) is 5.32.